The van der Waals surface area contributed by atoms with Crippen LogP contribution in [0.3, 0.4) is 0 Å². The van der Waals surface area contributed by atoms with Gasteiger partial charge in [-0.25, -0.2) is 0 Å². The summed E-state index contributed by atoms with van der Waals surface area (Å²) in [6, 6.07) is 1.11. The highest BCUT2D eigenvalue weighted by atomic mass is 32.2. The first-order valence-corrected chi connectivity index (χ1v) is 8.36. The summed E-state index contributed by atoms with van der Waals surface area (Å²) in [4.78, 5) is 0. The third-order valence-electron chi connectivity index (χ3n) is 3.57. The monoisotopic (exact) mass is 245 g/mol. The first-order valence-electron chi connectivity index (χ1n) is 6.64. The average molecular weight is 245 g/mol. The van der Waals surface area contributed by atoms with Crippen LogP contribution in [0.4, 0.5) is 0 Å². The molecule has 1 N–H and O–H groups in total. The van der Waals surface area contributed by atoms with E-state index in [-0.39, 0.29) is 0 Å². The Hall–Kier alpha value is 0.110. The van der Waals surface area contributed by atoms with Gasteiger partial charge in [-0.2, -0.15) is 0 Å². The Bertz CT molecular complexity index is 214. The highest BCUT2D eigenvalue weighted by Gasteiger charge is 2.18. The van der Waals surface area contributed by atoms with Crippen molar-refractivity contribution < 1.29 is 4.21 Å². The maximum atomic E-state index is 11.0. The predicted molar refractivity (Wildman–Crippen MR) is 72.2 cm³/mol. The van der Waals surface area contributed by atoms with Gasteiger partial charge in [-0.05, 0) is 32.6 Å². The quantitative estimate of drug-likeness (QED) is 0.747. The first kappa shape index (κ1) is 14.2. The van der Waals surface area contributed by atoms with Gasteiger partial charge in [0, 0.05) is 34.9 Å². The second kappa shape index (κ2) is 7.44. The molecule has 3 unspecified atom stereocenters. The van der Waals surface area contributed by atoms with Crippen LogP contribution in [0.2, 0.25) is 0 Å². The lowest BCUT2D eigenvalue weighted by Gasteiger charge is -2.22. The maximum absolute atomic E-state index is 11.0. The molecule has 0 aromatic carbocycles. The zero-order valence-corrected chi connectivity index (χ0v) is 11.8. The van der Waals surface area contributed by atoms with Crippen molar-refractivity contribution >= 4 is 10.8 Å². The molecule has 3 heteroatoms. The van der Waals surface area contributed by atoms with E-state index in [1.54, 1.807) is 6.26 Å². The highest BCUT2D eigenvalue weighted by Crippen LogP contribution is 2.28. The van der Waals surface area contributed by atoms with E-state index < -0.39 is 10.8 Å². The van der Waals surface area contributed by atoms with Crippen molar-refractivity contribution in [2.45, 2.75) is 64.5 Å². The summed E-state index contributed by atoms with van der Waals surface area (Å²) < 4.78 is 11.0. The summed E-state index contributed by atoms with van der Waals surface area (Å²) in [5.41, 5.74) is 0. The minimum absolute atomic E-state index is 0.500. The molecule has 0 spiro atoms. The Morgan fingerprint density at radius 3 is 2.44 bits per heavy atom. The molecule has 2 nitrogen and oxygen atoms in total. The van der Waals surface area contributed by atoms with Crippen molar-refractivity contribution in [3.8, 4) is 0 Å². The summed E-state index contributed by atoms with van der Waals surface area (Å²) >= 11 is 0. The lowest BCUT2D eigenvalue weighted by atomic mass is 9.99. The van der Waals surface area contributed by atoms with Gasteiger partial charge < -0.3 is 5.32 Å². The average Bonchev–Trinajstić information content (AvgIpc) is 2.67. The first-order chi connectivity index (χ1) is 7.58. The maximum Gasteiger partial charge on any atom is 0.0246 e. The minimum atomic E-state index is -0.645. The van der Waals surface area contributed by atoms with Crippen LogP contribution in [0.15, 0.2) is 0 Å². The Balaban J connectivity index is 2.11. The van der Waals surface area contributed by atoms with E-state index >= 15 is 0 Å². The van der Waals surface area contributed by atoms with Crippen LogP contribution >= 0.6 is 0 Å². The molecule has 16 heavy (non-hydrogen) atoms. The molecular weight excluding hydrogens is 218 g/mol. The summed E-state index contributed by atoms with van der Waals surface area (Å²) in [5.74, 6) is 1.78. The Morgan fingerprint density at radius 1 is 1.25 bits per heavy atom. The molecule has 0 aromatic heterocycles. The van der Waals surface area contributed by atoms with Gasteiger partial charge in [-0.15, -0.1) is 0 Å². The second-order valence-electron chi connectivity index (χ2n) is 5.42. The predicted octanol–water partition coefficient (Wildman–Crippen LogP) is 2.70. The molecule has 1 aliphatic carbocycles. The van der Waals surface area contributed by atoms with Crippen LogP contribution in [0, 0.1) is 5.92 Å². The third-order valence-corrected chi connectivity index (χ3v) is 4.38. The molecule has 1 saturated carbocycles. The number of nitrogens with one attached hydrogen (secondary N) is 1. The highest BCUT2D eigenvalue weighted by molar-refractivity contribution is 7.84. The Kier molecular flexibility index (Phi) is 6.59. The molecule has 0 aromatic rings. The van der Waals surface area contributed by atoms with E-state index in [4.69, 9.17) is 0 Å². The van der Waals surface area contributed by atoms with E-state index in [9.17, 15) is 4.21 Å². The van der Waals surface area contributed by atoms with Crippen LogP contribution < -0.4 is 5.32 Å². The summed E-state index contributed by atoms with van der Waals surface area (Å²) in [6.07, 6.45) is 9.86. The van der Waals surface area contributed by atoms with Gasteiger partial charge in [0.05, 0.1) is 0 Å². The molecule has 1 fully saturated rings. The minimum Gasteiger partial charge on any atom is -0.312 e. The standard InChI is InChI=1S/C13H27NOS/c1-11(8-9-16(3)15)14-12(2)10-13-6-4-5-7-13/h11-14H,4-10H2,1-3H3. The van der Waals surface area contributed by atoms with Gasteiger partial charge in [-0.1, -0.05) is 25.7 Å². The number of hydrogen-bond donors (Lipinski definition) is 1. The van der Waals surface area contributed by atoms with Crippen molar-refractivity contribution in [1.82, 2.24) is 5.32 Å². The van der Waals surface area contributed by atoms with Crippen LogP contribution in [0.25, 0.3) is 0 Å². The SMILES string of the molecule is CC(CCS(C)=O)NC(C)CC1CCCC1. The lowest BCUT2D eigenvalue weighted by molar-refractivity contribution is 0.373. The van der Waals surface area contributed by atoms with Gasteiger partial charge in [0.1, 0.15) is 0 Å². The smallest absolute Gasteiger partial charge is 0.0246 e. The molecule has 1 rings (SSSR count). The molecule has 0 radical (unpaired) electrons. The second-order valence-corrected chi connectivity index (χ2v) is 6.98. The van der Waals surface area contributed by atoms with Crippen molar-refractivity contribution in [3.63, 3.8) is 0 Å². The van der Waals surface area contributed by atoms with Crippen molar-refractivity contribution in [1.29, 1.82) is 0 Å². The van der Waals surface area contributed by atoms with Gasteiger partial charge in [0.2, 0.25) is 0 Å². The number of rotatable bonds is 7. The molecule has 96 valence electrons. The Labute approximate surface area is 103 Å². The molecule has 0 saturated heterocycles. The third kappa shape index (κ3) is 6.00. The summed E-state index contributed by atoms with van der Waals surface area (Å²) in [7, 11) is -0.645. The normalized spacial score (nSPS) is 23.2. The molecular formula is C13H27NOS. The zero-order chi connectivity index (χ0) is 12.0. The fourth-order valence-corrected chi connectivity index (χ4v) is 3.41. The van der Waals surface area contributed by atoms with Gasteiger partial charge in [0.25, 0.3) is 0 Å². The van der Waals surface area contributed by atoms with Crippen molar-refractivity contribution in [3.05, 3.63) is 0 Å². The van der Waals surface area contributed by atoms with E-state index in [2.05, 4.69) is 19.2 Å². The van der Waals surface area contributed by atoms with Crippen LogP contribution in [-0.4, -0.2) is 28.3 Å². The van der Waals surface area contributed by atoms with E-state index in [1.807, 2.05) is 0 Å². The molecule has 0 bridgehead atoms. The van der Waals surface area contributed by atoms with Gasteiger partial charge in [-0.3, -0.25) is 4.21 Å². The molecule has 3 atom stereocenters. The Morgan fingerprint density at radius 2 is 1.88 bits per heavy atom. The van der Waals surface area contributed by atoms with E-state index in [1.165, 1.54) is 32.1 Å². The topological polar surface area (TPSA) is 29.1 Å². The van der Waals surface area contributed by atoms with Gasteiger partial charge in [0.15, 0.2) is 0 Å². The van der Waals surface area contributed by atoms with E-state index in [0.717, 1.165) is 18.1 Å². The summed E-state index contributed by atoms with van der Waals surface area (Å²) in [5, 5.41) is 3.63. The van der Waals surface area contributed by atoms with Crippen molar-refractivity contribution in [2.24, 2.45) is 5.92 Å². The van der Waals surface area contributed by atoms with Crippen LogP contribution in [0.1, 0.15) is 52.4 Å². The molecule has 1 aliphatic rings. The largest absolute Gasteiger partial charge is 0.312 e. The van der Waals surface area contributed by atoms with Gasteiger partial charge >= 0.3 is 0 Å². The lowest BCUT2D eigenvalue weighted by Crippen LogP contribution is -2.36. The molecule has 0 heterocycles. The molecule has 0 amide bonds. The zero-order valence-electron chi connectivity index (χ0n) is 11.0. The summed E-state index contributed by atoms with van der Waals surface area (Å²) in [6.45, 7) is 4.50. The van der Waals surface area contributed by atoms with Crippen LogP contribution in [0.5, 0.6) is 0 Å². The number of hydrogen-bond acceptors (Lipinski definition) is 2. The van der Waals surface area contributed by atoms with E-state index in [0.29, 0.717) is 12.1 Å². The fourth-order valence-electron chi connectivity index (χ4n) is 2.73. The van der Waals surface area contributed by atoms with Crippen molar-refractivity contribution in [2.75, 3.05) is 12.0 Å². The molecule has 0 aliphatic heterocycles. The fraction of sp³-hybridized carbons (Fsp3) is 1.00. The van der Waals surface area contributed by atoms with Crippen LogP contribution in [-0.2, 0) is 10.8 Å².